The molecule has 2 heterocycles. The number of hydroxylamine groups is 1. The molecule has 0 aliphatic carbocycles. The molecule has 2 aliphatic heterocycles. The number of benzene rings is 3. The van der Waals surface area contributed by atoms with Gasteiger partial charge in [-0.05, 0) is 37.3 Å². The molecular formula is C24H19FN2O3. The van der Waals surface area contributed by atoms with Crippen LogP contribution >= 0.6 is 0 Å². The number of carbonyl (C=O) groups is 2. The summed E-state index contributed by atoms with van der Waals surface area (Å²) in [7, 11) is 0. The summed E-state index contributed by atoms with van der Waals surface area (Å²) in [6.07, 6.45) is -1.01. The number of halogens is 1. The summed E-state index contributed by atoms with van der Waals surface area (Å²) in [4.78, 5) is 33.8. The van der Waals surface area contributed by atoms with Gasteiger partial charge >= 0.3 is 0 Å². The first kappa shape index (κ1) is 18.5. The predicted octanol–water partition coefficient (Wildman–Crippen LogP) is 4.19. The normalized spacial score (nSPS) is 23.2. The van der Waals surface area contributed by atoms with Crippen LogP contribution in [0.3, 0.4) is 0 Å². The summed E-state index contributed by atoms with van der Waals surface area (Å²) in [5, 5.41) is 1.50. The summed E-state index contributed by atoms with van der Waals surface area (Å²) in [6.45, 7) is 1.93. The quantitative estimate of drug-likeness (QED) is 0.617. The van der Waals surface area contributed by atoms with Gasteiger partial charge in [0.1, 0.15) is 11.7 Å². The second-order valence-corrected chi connectivity index (χ2v) is 7.53. The van der Waals surface area contributed by atoms with Crippen LogP contribution in [0.15, 0.2) is 78.9 Å². The maximum Gasteiger partial charge on any atom is 0.266 e. The fourth-order valence-corrected chi connectivity index (χ4v) is 4.19. The van der Waals surface area contributed by atoms with E-state index in [1.165, 1.54) is 11.1 Å². The lowest BCUT2D eigenvalue weighted by Crippen LogP contribution is -2.37. The Balaban J connectivity index is 1.60. The molecule has 2 fully saturated rings. The number of carbonyl (C=O) groups excluding carboxylic acids is 2. The van der Waals surface area contributed by atoms with Gasteiger partial charge in [0.25, 0.3) is 5.91 Å². The van der Waals surface area contributed by atoms with Crippen molar-refractivity contribution in [3.63, 3.8) is 0 Å². The van der Waals surface area contributed by atoms with Gasteiger partial charge < -0.3 is 0 Å². The van der Waals surface area contributed by atoms with E-state index in [1.807, 2.05) is 49.4 Å². The van der Waals surface area contributed by atoms with Crippen LogP contribution in [0.4, 0.5) is 15.8 Å². The third-order valence-corrected chi connectivity index (χ3v) is 5.64. The highest BCUT2D eigenvalue weighted by Crippen LogP contribution is 2.48. The van der Waals surface area contributed by atoms with Crippen LogP contribution in [0.25, 0.3) is 0 Å². The molecule has 2 aliphatic rings. The molecule has 0 spiro atoms. The van der Waals surface area contributed by atoms with Crippen molar-refractivity contribution < 1.29 is 18.8 Å². The lowest BCUT2D eigenvalue weighted by atomic mass is 9.90. The lowest BCUT2D eigenvalue weighted by Gasteiger charge is -2.29. The van der Waals surface area contributed by atoms with Gasteiger partial charge in [0, 0.05) is 5.56 Å². The molecule has 2 amide bonds. The van der Waals surface area contributed by atoms with Crippen molar-refractivity contribution in [2.45, 2.75) is 19.1 Å². The van der Waals surface area contributed by atoms with Crippen molar-refractivity contribution >= 4 is 23.2 Å². The Morgan fingerprint density at radius 2 is 1.47 bits per heavy atom. The molecule has 0 aromatic heterocycles. The Hall–Kier alpha value is -3.51. The molecule has 150 valence electrons. The van der Waals surface area contributed by atoms with Crippen LogP contribution in [-0.4, -0.2) is 17.9 Å². The third-order valence-electron chi connectivity index (χ3n) is 5.64. The van der Waals surface area contributed by atoms with E-state index in [-0.39, 0.29) is 5.91 Å². The van der Waals surface area contributed by atoms with Crippen molar-refractivity contribution in [3.05, 3.63) is 95.8 Å². The molecule has 3 atom stereocenters. The van der Waals surface area contributed by atoms with Crippen molar-refractivity contribution in [1.29, 1.82) is 0 Å². The number of nitrogens with zero attached hydrogens (tertiary/aromatic N) is 2. The molecule has 0 radical (unpaired) electrons. The van der Waals surface area contributed by atoms with E-state index in [2.05, 4.69) is 0 Å². The molecule has 3 aromatic rings. The first-order valence-electron chi connectivity index (χ1n) is 9.76. The predicted molar refractivity (Wildman–Crippen MR) is 110 cm³/mol. The summed E-state index contributed by atoms with van der Waals surface area (Å²) in [5.41, 5.74) is 2.49. The molecule has 0 bridgehead atoms. The standard InChI is InChI=1S/C24H19FN2O3/c1-15-11-13-16(14-12-15)26-23(28)20-21(18-9-5-6-10-19(18)25)27(30-22(20)24(26)29)17-7-3-2-4-8-17/h2-14,20-22H,1H3/t20-,21+,22-/m0/s1. The van der Waals surface area contributed by atoms with Crippen LogP contribution in [0.2, 0.25) is 0 Å². The smallest absolute Gasteiger partial charge is 0.266 e. The second-order valence-electron chi connectivity index (χ2n) is 7.53. The molecule has 0 saturated carbocycles. The number of para-hydroxylation sites is 1. The Morgan fingerprint density at radius 1 is 0.800 bits per heavy atom. The Labute approximate surface area is 173 Å². The molecule has 2 saturated heterocycles. The number of fused-ring (bicyclic) bond motifs is 1. The second kappa shape index (κ2) is 7.07. The van der Waals surface area contributed by atoms with E-state index in [0.29, 0.717) is 16.9 Å². The zero-order valence-corrected chi connectivity index (χ0v) is 16.2. The van der Waals surface area contributed by atoms with Crippen molar-refractivity contribution in [1.82, 2.24) is 0 Å². The molecular weight excluding hydrogens is 383 g/mol. The SMILES string of the molecule is Cc1ccc(N2C(=O)[C@@H]3[C@H](ON(c4ccccc4)[C@@H]3c3ccccc3F)C2=O)cc1. The van der Waals surface area contributed by atoms with Gasteiger partial charge in [-0.3, -0.25) is 14.4 Å². The summed E-state index contributed by atoms with van der Waals surface area (Å²) in [5.74, 6) is -2.12. The van der Waals surface area contributed by atoms with Crippen LogP contribution in [0, 0.1) is 18.7 Å². The van der Waals surface area contributed by atoms with Gasteiger partial charge in [0.15, 0.2) is 6.10 Å². The summed E-state index contributed by atoms with van der Waals surface area (Å²) < 4.78 is 14.8. The maximum absolute atomic E-state index is 14.8. The van der Waals surface area contributed by atoms with E-state index in [1.54, 1.807) is 30.3 Å². The minimum Gasteiger partial charge on any atom is -0.273 e. The number of aryl methyl sites for hydroxylation is 1. The first-order chi connectivity index (χ1) is 14.6. The molecule has 0 unspecified atom stereocenters. The molecule has 6 heteroatoms. The van der Waals surface area contributed by atoms with Gasteiger partial charge in [-0.15, -0.1) is 0 Å². The fourth-order valence-electron chi connectivity index (χ4n) is 4.19. The highest BCUT2D eigenvalue weighted by atomic mass is 19.1. The Morgan fingerprint density at radius 3 is 2.17 bits per heavy atom. The number of imide groups is 1. The Bertz CT molecular complexity index is 1120. The van der Waals surface area contributed by atoms with Crippen LogP contribution in [0.5, 0.6) is 0 Å². The van der Waals surface area contributed by atoms with E-state index < -0.39 is 29.8 Å². The first-order valence-corrected chi connectivity index (χ1v) is 9.76. The molecule has 30 heavy (non-hydrogen) atoms. The molecule has 5 nitrogen and oxygen atoms in total. The average Bonchev–Trinajstić information content (AvgIpc) is 3.26. The lowest BCUT2D eigenvalue weighted by molar-refractivity contribution is -0.126. The van der Waals surface area contributed by atoms with Crippen LogP contribution < -0.4 is 9.96 Å². The van der Waals surface area contributed by atoms with E-state index in [9.17, 15) is 14.0 Å². The largest absolute Gasteiger partial charge is 0.273 e. The van der Waals surface area contributed by atoms with Gasteiger partial charge in [-0.2, -0.15) is 0 Å². The maximum atomic E-state index is 14.8. The number of anilines is 2. The van der Waals surface area contributed by atoms with Gasteiger partial charge in [-0.1, -0.05) is 54.1 Å². The average molecular weight is 402 g/mol. The minimum absolute atomic E-state index is 0.320. The highest BCUT2D eigenvalue weighted by molar-refractivity contribution is 6.23. The van der Waals surface area contributed by atoms with Crippen LogP contribution in [-0.2, 0) is 14.4 Å². The number of hydrogen-bond donors (Lipinski definition) is 0. The van der Waals surface area contributed by atoms with Gasteiger partial charge in [-0.25, -0.2) is 14.4 Å². The minimum atomic E-state index is -1.01. The Kier molecular flexibility index (Phi) is 4.37. The summed E-state index contributed by atoms with van der Waals surface area (Å²) in [6, 6.07) is 21.8. The molecule has 0 N–H and O–H groups in total. The number of hydrogen-bond acceptors (Lipinski definition) is 4. The zero-order valence-electron chi connectivity index (χ0n) is 16.2. The van der Waals surface area contributed by atoms with Gasteiger partial charge in [0.05, 0.1) is 17.4 Å². The topological polar surface area (TPSA) is 49.9 Å². The third kappa shape index (κ3) is 2.80. The fraction of sp³-hybridized carbons (Fsp3) is 0.167. The van der Waals surface area contributed by atoms with Crippen molar-refractivity contribution in [2.24, 2.45) is 5.92 Å². The number of amides is 2. The molecule has 3 aromatic carbocycles. The molecule has 5 rings (SSSR count). The van der Waals surface area contributed by atoms with E-state index in [0.717, 1.165) is 10.5 Å². The van der Waals surface area contributed by atoms with Crippen molar-refractivity contribution in [2.75, 3.05) is 9.96 Å². The van der Waals surface area contributed by atoms with Crippen LogP contribution in [0.1, 0.15) is 17.2 Å². The van der Waals surface area contributed by atoms with E-state index in [4.69, 9.17) is 4.84 Å². The summed E-state index contributed by atoms with van der Waals surface area (Å²) >= 11 is 0. The highest BCUT2D eigenvalue weighted by Gasteiger charge is 2.60. The number of rotatable bonds is 3. The van der Waals surface area contributed by atoms with Gasteiger partial charge in [0.2, 0.25) is 5.91 Å². The van der Waals surface area contributed by atoms with E-state index >= 15 is 0 Å². The van der Waals surface area contributed by atoms with Crippen molar-refractivity contribution in [3.8, 4) is 0 Å². The monoisotopic (exact) mass is 402 g/mol. The zero-order chi connectivity index (χ0) is 20.8.